The van der Waals surface area contributed by atoms with Crippen LogP contribution in [0.2, 0.25) is 0 Å². The largest absolute Gasteiger partial charge is 0.390 e. The molecule has 0 aliphatic carbocycles. The summed E-state index contributed by atoms with van der Waals surface area (Å²) in [5, 5.41) is 10.3. The number of ether oxygens (including phenoxy) is 2. The number of hydrogen-bond acceptors (Lipinski definition) is 3. The molecule has 0 aliphatic rings. The molecule has 0 amide bonds. The first-order chi connectivity index (χ1) is 9.76. The van der Waals surface area contributed by atoms with E-state index < -0.39 is 0 Å². The molecule has 0 saturated heterocycles. The number of hydrogen-bond donors (Lipinski definition) is 1. The molecule has 0 spiro atoms. The highest BCUT2D eigenvalue weighted by Crippen LogP contribution is 2.16. The summed E-state index contributed by atoms with van der Waals surface area (Å²) in [5.74, 6) is 0. The van der Waals surface area contributed by atoms with Gasteiger partial charge in [-0.1, -0.05) is 65.2 Å². The number of methoxy groups -OCH3 is 1. The van der Waals surface area contributed by atoms with Crippen molar-refractivity contribution >= 4 is 0 Å². The summed E-state index contributed by atoms with van der Waals surface area (Å²) in [6.45, 7) is 5.62. The van der Waals surface area contributed by atoms with Crippen LogP contribution >= 0.6 is 0 Å². The van der Waals surface area contributed by atoms with Gasteiger partial charge in [-0.05, 0) is 12.8 Å². The predicted octanol–water partition coefficient (Wildman–Crippen LogP) is 4.32. The summed E-state index contributed by atoms with van der Waals surface area (Å²) in [6, 6.07) is 0. The monoisotopic (exact) mass is 288 g/mol. The van der Waals surface area contributed by atoms with E-state index in [4.69, 9.17) is 9.47 Å². The minimum atomic E-state index is -0.315. The van der Waals surface area contributed by atoms with E-state index in [-0.39, 0.29) is 12.2 Å². The fourth-order valence-electron chi connectivity index (χ4n) is 2.41. The van der Waals surface area contributed by atoms with E-state index in [1.807, 2.05) is 0 Å². The summed E-state index contributed by atoms with van der Waals surface area (Å²) in [4.78, 5) is 0. The molecule has 122 valence electrons. The maximum atomic E-state index is 10.3. The molecular weight excluding hydrogens is 252 g/mol. The van der Waals surface area contributed by atoms with Gasteiger partial charge < -0.3 is 14.6 Å². The van der Waals surface area contributed by atoms with Crippen molar-refractivity contribution in [2.24, 2.45) is 0 Å². The van der Waals surface area contributed by atoms with Crippen molar-refractivity contribution in [2.75, 3.05) is 20.3 Å². The Morgan fingerprint density at radius 2 is 1.40 bits per heavy atom. The summed E-state index contributed by atoms with van der Waals surface area (Å²) in [5.41, 5.74) is 0. The summed E-state index contributed by atoms with van der Waals surface area (Å²) in [6.07, 6.45) is 11.2. The lowest BCUT2D eigenvalue weighted by Crippen LogP contribution is -2.30. The van der Waals surface area contributed by atoms with Gasteiger partial charge in [0.25, 0.3) is 0 Å². The van der Waals surface area contributed by atoms with Crippen molar-refractivity contribution in [2.45, 2.75) is 90.3 Å². The van der Waals surface area contributed by atoms with Crippen molar-refractivity contribution < 1.29 is 14.6 Å². The van der Waals surface area contributed by atoms with Crippen LogP contribution in [0, 0.1) is 0 Å². The fourth-order valence-corrected chi connectivity index (χ4v) is 2.41. The smallest absolute Gasteiger partial charge is 0.0835 e. The zero-order valence-electron chi connectivity index (χ0n) is 13.9. The lowest BCUT2D eigenvalue weighted by Gasteiger charge is -2.23. The molecule has 20 heavy (non-hydrogen) atoms. The molecule has 0 bridgehead atoms. The molecule has 0 aromatic rings. The van der Waals surface area contributed by atoms with Crippen LogP contribution in [0.25, 0.3) is 0 Å². The molecule has 2 unspecified atom stereocenters. The molecule has 0 radical (unpaired) electrons. The van der Waals surface area contributed by atoms with E-state index in [1.165, 1.54) is 38.5 Å². The van der Waals surface area contributed by atoms with Crippen molar-refractivity contribution in [3.05, 3.63) is 0 Å². The zero-order valence-corrected chi connectivity index (χ0v) is 13.9. The maximum Gasteiger partial charge on any atom is 0.0835 e. The summed E-state index contributed by atoms with van der Waals surface area (Å²) >= 11 is 0. The molecule has 3 nitrogen and oxygen atoms in total. The molecule has 0 aromatic carbocycles. The van der Waals surface area contributed by atoms with Gasteiger partial charge in [-0.2, -0.15) is 0 Å². The van der Waals surface area contributed by atoms with Gasteiger partial charge in [-0.3, -0.25) is 0 Å². The van der Waals surface area contributed by atoms with Crippen LogP contribution in [0.4, 0.5) is 0 Å². The number of rotatable bonds is 15. The molecule has 0 aromatic heterocycles. The third-order valence-corrected chi connectivity index (χ3v) is 3.74. The highest BCUT2D eigenvalue weighted by atomic mass is 16.5. The van der Waals surface area contributed by atoms with Crippen molar-refractivity contribution in [1.29, 1.82) is 0 Å². The third kappa shape index (κ3) is 11.7. The second-order valence-electron chi connectivity index (χ2n) is 5.67. The first-order valence-electron chi connectivity index (χ1n) is 8.54. The van der Waals surface area contributed by atoms with Crippen LogP contribution in [-0.4, -0.2) is 37.6 Å². The van der Waals surface area contributed by atoms with Gasteiger partial charge in [0.1, 0.15) is 0 Å². The van der Waals surface area contributed by atoms with Crippen LogP contribution in [0.15, 0.2) is 0 Å². The van der Waals surface area contributed by atoms with Crippen molar-refractivity contribution in [1.82, 2.24) is 0 Å². The molecule has 0 fully saturated rings. The van der Waals surface area contributed by atoms with Crippen LogP contribution in [0.5, 0.6) is 0 Å². The van der Waals surface area contributed by atoms with E-state index in [0.29, 0.717) is 13.2 Å². The van der Waals surface area contributed by atoms with Gasteiger partial charge in [0.15, 0.2) is 0 Å². The van der Waals surface area contributed by atoms with Crippen LogP contribution < -0.4 is 0 Å². The van der Waals surface area contributed by atoms with E-state index in [2.05, 4.69) is 13.8 Å². The SMILES string of the molecule is CCCCCCC(O)C(CCCCCC)OCCOC. The predicted molar refractivity (Wildman–Crippen MR) is 85.1 cm³/mol. The standard InChI is InChI=1S/C17H36O3/c1-4-6-8-10-12-16(18)17(20-15-14-19-3)13-11-9-7-5-2/h16-18H,4-15H2,1-3H3. The van der Waals surface area contributed by atoms with E-state index in [0.717, 1.165) is 25.7 Å². The Hall–Kier alpha value is -0.120. The van der Waals surface area contributed by atoms with Gasteiger partial charge in [-0.15, -0.1) is 0 Å². The Kier molecular flexibility index (Phi) is 15.2. The van der Waals surface area contributed by atoms with Crippen molar-refractivity contribution in [3.8, 4) is 0 Å². The van der Waals surface area contributed by atoms with E-state index in [9.17, 15) is 5.11 Å². The van der Waals surface area contributed by atoms with Crippen molar-refractivity contribution in [3.63, 3.8) is 0 Å². The van der Waals surface area contributed by atoms with Gasteiger partial charge >= 0.3 is 0 Å². The Morgan fingerprint density at radius 1 is 0.800 bits per heavy atom. The fraction of sp³-hybridized carbons (Fsp3) is 1.00. The quantitative estimate of drug-likeness (QED) is 0.456. The van der Waals surface area contributed by atoms with Gasteiger partial charge in [0, 0.05) is 7.11 Å². The van der Waals surface area contributed by atoms with Crippen LogP contribution in [0.1, 0.15) is 78.1 Å². The first-order valence-corrected chi connectivity index (χ1v) is 8.54. The molecule has 2 atom stereocenters. The molecule has 0 saturated carbocycles. The lowest BCUT2D eigenvalue weighted by molar-refractivity contribution is -0.0592. The summed E-state index contributed by atoms with van der Waals surface area (Å²) in [7, 11) is 1.68. The lowest BCUT2D eigenvalue weighted by atomic mass is 10.00. The zero-order chi connectivity index (χ0) is 15.1. The number of aliphatic hydroxyl groups excluding tert-OH is 1. The number of aliphatic hydroxyl groups is 1. The molecule has 0 rings (SSSR count). The Morgan fingerprint density at radius 3 is 1.95 bits per heavy atom. The highest BCUT2D eigenvalue weighted by Gasteiger charge is 2.19. The maximum absolute atomic E-state index is 10.3. The average Bonchev–Trinajstić information content (AvgIpc) is 2.46. The molecular formula is C17H36O3. The Balaban J connectivity index is 3.92. The molecule has 0 aliphatic heterocycles. The first kappa shape index (κ1) is 19.9. The second kappa shape index (κ2) is 15.3. The average molecular weight is 288 g/mol. The number of unbranched alkanes of at least 4 members (excludes halogenated alkanes) is 6. The van der Waals surface area contributed by atoms with Crippen LogP contribution in [-0.2, 0) is 9.47 Å². The Bertz CT molecular complexity index is 185. The molecule has 1 N–H and O–H groups in total. The summed E-state index contributed by atoms with van der Waals surface area (Å²) < 4.78 is 10.8. The second-order valence-corrected chi connectivity index (χ2v) is 5.67. The topological polar surface area (TPSA) is 38.7 Å². The molecule has 3 heteroatoms. The minimum absolute atomic E-state index is 0.0105. The van der Waals surface area contributed by atoms with Crippen LogP contribution in [0.3, 0.4) is 0 Å². The van der Waals surface area contributed by atoms with E-state index in [1.54, 1.807) is 7.11 Å². The minimum Gasteiger partial charge on any atom is -0.390 e. The Labute approximate surface area is 126 Å². The van der Waals surface area contributed by atoms with Gasteiger partial charge in [0.05, 0.1) is 25.4 Å². The van der Waals surface area contributed by atoms with Gasteiger partial charge in [-0.25, -0.2) is 0 Å². The third-order valence-electron chi connectivity index (χ3n) is 3.74. The van der Waals surface area contributed by atoms with E-state index >= 15 is 0 Å². The highest BCUT2D eigenvalue weighted by molar-refractivity contribution is 4.70. The van der Waals surface area contributed by atoms with Gasteiger partial charge in [0.2, 0.25) is 0 Å². The molecule has 0 heterocycles. The normalized spacial score (nSPS) is 14.4.